The summed E-state index contributed by atoms with van der Waals surface area (Å²) in [7, 11) is 1.79. The minimum absolute atomic E-state index is 0.0497. The highest BCUT2D eigenvalue weighted by Crippen LogP contribution is 2.26. The summed E-state index contributed by atoms with van der Waals surface area (Å²) < 4.78 is 20.4. The Labute approximate surface area is 107 Å². The van der Waals surface area contributed by atoms with Gasteiger partial charge in [-0.1, -0.05) is 5.16 Å². The number of phenols is 1. The van der Waals surface area contributed by atoms with Crippen molar-refractivity contribution in [3.63, 3.8) is 0 Å². The fourth-order valence-corrected chi connectivity index (χ4v) is 1.69. The maximum absolute atomic E-state index is 13.7. The maximum Gasteiger partial charge on any atom is 0.261 e. The van der Waals surface area contributed by atoms with Crippen LogP contribution in [0.2, 0.25) is 0 Å². The predicted molar refractivity (Wildman–Crippen MR) is 63.6 cm³/mol. The molecule has 0 aliphatic rings. The molecule has 0 atom stereocenters. The van der Waals surface area contributed by atoms with Crippen LogP contribution in [0.15, 0.2) is 35.2 Å². The summed E-state index contributed by atoms with van der Waals surface area (Å²) in [5.74, 6) is -0.413. The number of benzene rings is 1. The van der Waals surface area contributed by atoms with Crippen LogP contribution in [0, 0.1) is 5.82 Å². The van der Waals surface area contributed by atoms with Crippen molar-refractivity contribution in [2.24, 2.45) is 7.05 Å². The van der Waals surface area contributed by atoms with Gasteiger partial charge in [0.1, 0.15) is 17.3 Å². The molecule has 0 saturated carbocycles. The second kappa shape index (κ2) is 4.20. The molecule has 0 fully saturated rings. The highest BCUT2D eigenvalue weighted by atomic mass is 19.1. The summed E-state index contributed by atoms with van der Waals surface area (Å²) in [6.07, 6.45) is 3.19. The summed E-state index contributed by atoms with van der Waals surface area (Å²) in [5.41, 5.74) is 0.799. The predicted octanol–water partition coefficient (Wildman–Crippen LogP) is 1.98. The van der Waals surface area contributed by atoms with Gasteiger partial charge < -0.3 is 14.2 Å². The van der Waals surface area contributed by atoms with Gasteiger partial charge in [0.15, 0.2) is 0 Å². The first-order valence-electron chi connectivity index (χ1n) is 5.44. The Morgan fingerprint density at radius 1 is 1.37 bits per heavy atom. The van der Waals surface area contributed by atoms with Gasteiger partial charge in [-0.2, -0.15) is 4.98 Å². The molecule has 0 aliphatic heterocycles. The van der Waals surface area contributed by atoms with Gasteiger partial charge in [-0.15, -0.1) is 0 Å². The summed E-state index contributed by atoms with van der Waals surface area (Å²) in [5, 5.41) is 12.9. The second-order valence-corrected chi connectivity index (χ2v) is 3.98. The average molecular weight is 260 g/mol. The number of aryl methyl sites for hydroxylation is 1. The number of hydrogen-bond donors (Lipinski definition) is 1. The van der Waals surface area contributed by atoms with Crippen molar-refractivity contribution in [3.05, 3.63) is 36.5 Å². The van der Waals surface area contributed by atoms with Crippen molar-refractivity contribution in [2.75, 3.05) is 0 Å². The largest absolute Gasteiger partial charge is 0.508 e. The van der Waals surface area contributed by atoms with Crippen LogP contribution in [0.25, 0.3) is 23.0 Å². The van der Waals surface area contributed by atoms with Crippen molar-refractivity contribution in [2.45, 2.75) is 0 Å². The summed E-state index contributed by atoms with van der Waals surface area (Å²) in [6, 6.07) is 3.72. The van der Waals surface area contributed by atoms with E-state index in [0.29, 0.717) is 11.5 Å². The van der Waals surface area contributed by atoms with E-state index in [2.05, 4.69) is 15.1 Å². The van der Waals surface area contributed by atoms with E-state index in [-0.39, 0.29) is 17.2 Å². The molecule has 2 aromatic heterocycles. The normalized spacial score (nSPS) is 10.8. The molecule has 6 nitrogen and oxygen atoms in total. The summed E-state index contributed by atoms with van der Waals surface area (Å²) >= 11 is 0. The molecule has 0 unspecified atom stereocenters. The molecule has 2 heterocycles. The fraction of sp³-hybridized carbons (Fsp3) is 0.0833. The molecule has 0 amide bonds. The van der Waals surface area contributed by atoms with Gasteiger partial charge in [0.05, 0.1) is 18.1 Å². The third-order valence-corrected chi connectivity index (χ3v) is 2.65. The van der Waals surface area contributed by atoms with Gasteiger partial charge in [-0.25, -0.2) is 9.37 Å². The molecule has 0 saturated heterocycles. The summed E-state index contributed by atoms with van der Waals surface area (Å²) in [4.78, 5) is 8.06. The number of aromatic nitrogens is 4. The first-order chi connectivity index (χ1) is 9.15. The van der Waals surface area contributed by atoms with Crippen LogP contribution >= 0.6 is 0 Å². The third kappa shape index (κ3) is 1.95. The van der Waals surface area contributed by atoms with Crippen molar-refractivity contribution in [3.8, 4) is 28.7 Å². The minimum atomic E-state index is -0.625. The van der Waals surface area contributed by atoms with E-state index in [1.54, 1.807) is 24.1 Å². The Morgan fingerprint density at radius 2 is 2.21 bits per heavy atom. The molecule has 7 heteroatoms. The molecule has 1 N–H and O–H groups in total. The molecule has 0 radical (unpaired) electrons. The van der Waals surface area contributed by atoms with E-state index in [9.17, 15) is 4.39 Å². The first kappa shape index (κ1) is 11.4. The van der Waals surface area contributed by atoms with E-state index >= 15 is 0 Å². The lowest BCUT2D eigenvalue weighted by Crippen LogP contribution is -1.91. The maximum atomic E-state index is 13.7. The van der Waals surface area contributed by atoms with Crippen molar-refractivity contribution >= 4 is 0 Å². The van der Waals surface area contributed by atoms with E-state index in [1.807, 2.05) is 0 Å². The van der Waals surface area contributed by atoms with Gasteiger partial charge in [-0.3, -0.25) is 0 Å². The quantitative estimate of drug-likeness (QED) is 0.762. The van der Waals surface area contributed by atoms with Gasteiger partial charge in [0, 0.05) is 13.1 Å². The Hall–Kier alpha value is -2.70. The van der Waals surface area contributed by atoms with E-state index in [1.165, 1.54) is 12.1 Å². The number of imidazole rings is 1. The molecule has 0 aliphatic carbocycles. The molecule has 0 spiro atoms. The molecule has 3 aromatic rings. The monoisotopic (exact) mass is 260 g/mol. The Bertz CT molecular complexity index is 735. The standard InChI is InChI=1S/C12H9FN4O2/c1-17-6-14-5-10(17)11-15-12(19-16-11)8-3-2-7(18)4-9(8)13/h2-6,18H,1H3. The third-order valence-electron chi connectivity index (χ3n) is 2.65. The highest BCUT2D eigenvalue weighted by molar-refractivity contribution is 5.58. The fourth-order valence-electron chi connectivity index (χ4n) is 1.69. The molecule has 3 rings (SSSR count). The second-order valence-electron chi connectivity index (χ2n) is 3.98. The molecule has 96 valence electrons. The number of nitrogens with zero attached hydrogens (tertiary/aromatic N) is 4. The van der Waals surface area contributed by atoms with Crippen LogP contribution in [0.5, 0.6) is 5.75 Å². The number of hydrogen-bond acceptors (Lipinski definition) is 5. The first-order valence-corrected chi connectivity index (χ1v) is 5.44. The van der Waals surface area contributed by atoms with Crippen molar-refractivity contribution in [1.29, 1.82) is 0 Å². The smallest absolute Gasteiger partial charge is 0.261 e. The lowest BCUT2D eigenvalue weighted by Gasteiger charge is -1.97. The number of phenolic OH excluding ortho intramolecular Hbond substituents is 1. The molecular formula is C12H9FN4O2. The molecule has 0 bridgehead atoms. The van der Waals surface area contributed by atoms with Crippen molar-refractivity contribution in [1.82, 2.24) is 19.7 Å². The van der Waals surface area contributed by atoms with Crippen LogP contribution in [-0.4, -0.2) is 24.8 Å². The Kier molecular flexibility index (Phi) is 2.52. The van der Waals surface area contributed by atoms with E-state index in [4.69, 9.17) is 9.63 Å². The summed E-state index contributed by atoms with van der Waals surface area (Å²) in [6.45, 7) is 0. The van der Waals surface area contributed by atoms with E-state index in [0.717, 1.165) is 6.07 Å². The lowest BCUT2D eigenvalue weighted by molar-refractivity contribution is 0.428. The SMILES string of the molecule is Cn1cncc1-c1noc(-c2ccc(O)cc2F)n1. The molecule has 1 aromatic carbocycles. The number of halogens is 1. The zero-order valence-corrected chi connectivity index (χ0v) is 9.91. The Balaban J connectivity index is 2.04. The van der Waals surface area contributed by atoms with Gasteiger partial charge in [-0.05, 0) is 12.1 Å². The minimum Gasteiger partial charge on any atom is -0.508 e. The van der Waals surface area contributed by atoms with Crippen LogP contribution in [0.3, 0.4) is 0 Å². The topological polar surface area (TPSA) is 77.0 Å². The van der Waals surface area contributed by atoms with E-state index < -0.39 is 5.82 Å². The van der Waals surface area contributed by atoms with Gasteiger partial charge in [0.25, 0.3) is 5.89 Å². The number of rotatable bonds is 2. The average Bonchev–Trinajstić information content (AvgIpc) is 2.97. The van der Waals surface area contributed by atoms with Gasteiger partial charge in [0.2, 0.25) is 5.82 Å². The Morgan fingerprint density at radius 3 is 2.89 bits per heavy atom. The molecular weight excluding hydrogens is 251 g/mol. The zero-order valence-electron chi connectivity index (χ0n) is 9.91. The van der Waals surface area contributed by atoms with Crippen LogP contribution in [0.4, 0.5) is 4.39 Å². The van der Waals surface area contributed by atoms with Crippen LogP contribution in [-0.2, 0) is 7.05 Å². The zero-order chi connectivity index (χ0) is 13.4. The van der Waals surface area contributed by atoms with Crippen LogP contribution in [0.1, 0.15) is 0 Å². The van der Waals surface area contributed by atoms with Gasteiger partial charge >= 0.3 is 0 Å². The lowest BCUT2D eigenvalue weighted by atomic mass is 10.2. The molecule has 19 heavy (non-hydrogen) atoms. The number of aromatic hydroxyl groups is 1. The van der Waals surface area contributed by atoms with Crippen LogP contribution < -0.4 is 0 Å². The highest BCUT2D eigenvalue weighted by Gasteiger charge is 2.16. The van der Waals surface area contributed by atoms with Crippen molar-refractivity contribution < 1.29 is 14.0 Å².